The first-order valence-electron chi connectivity index (χ1n) is 5.22. The number of ether oxygens (including phenoxy) is 1. The first-order chi connectivity index (χ1) is 7.63. The lowest BCUT2D eigenvalue weighted by Gasteiger charge is -2.09. The summed E-state index contributed by atoms with van der Waals surface area (Å²) in [6.45, 7) is 1.94. The maximum atomic E-state index is 12.6. The molecule has 3 nitrogen and oxygen atoms in total. The van der Waals surface area contributed by atoms with Gasteiger partial charge in [-0.25, -0.2) is 9.18 Å². The van der Waals surface area contributed by atoms with E-state index in [1.54, 1.807) is 19.1 Å². The van der Waals surface area contributed by atoms with E-state index in [2.05, 4.69) is 4.74 Å². The van der Waals surface area contributed by atoms with Gasteiger partial charge < -0.3 is 9.84 Å². The van der Waals surface area contributed by atoms with Crippen LogP contribution < -0.4 is 0 Å². The molecule has 0 heterocycles. The molecular weight excluding hydrogens is 211 g/mol. The summed E-state index contributed by atoms with van der Waals surface area (Å²) in [7, 11) is 0. The summed E-state index contributed by atoms with van der Waals surface area (Å²) in [6.07, 6.45) is -0.310. The van der Waals surface area contributed by atoms with E-state index in [0.717, 1.165) is 5.56 Å². The van der Waals surface area contributed by atoms with Gasteiger partial charge >= 0.3 is 5.97 Å². The number of aliphatic hydroxyl groups excluding tert-OH is 1. The first-order valence-corrected chi connectivity index (χ1v) is 5.22. The summed E-state index contributed by atoms with van der Waals surface area (Å²) in [4.78, 5) is 11.1. The van der Waals surface area contributed by atoms with Crippen molar-refractivity contribution in [2.24, 2.45) is 0 Å². The average molecular weight is 226 g/mol. The van der Waals surface area contributed by atoms with Gasteiger partial charge in [-0.3, -0.25) is 0 Å². The number of aliphatic hydroxyl groups is 1. The minimum absolute atomic E-state index is 0.256. The third-order valence-electron chi connectivity index (χ3n) is 2.18. The van der Waals surface area contributed by atoms with Crippen LogP contribution in [-0.4, -0.2) is 23.8 Å². The fourth-order valence-corrected chi connectivity index (χ4v) is 1.31. The van der Waals surface area contributed by atoms with Crippen LogP contribution in [0.15, 0.2) is 24.3 Å². The minimum Gasteiger partial charge on any atom is -0.464 e. The predicted octanol–water partition coefficient (Wildman–Crippen LogP) is 1.68. The monoisotopic (exact) mass is 226 g/mol. The largest absolute Gasteiger partial charge is 0.464 e. The zero-order valence-electron chi connectivity index (χ0n) is 9.15. The minimum atomic E-state index is -1.11. The van der Waals surface area contributed by atoms with E-state index in [9.17, 15) is 14.3 Å². The fraction of sp³-hybridized carbons (Fsp3) is 0.417. The van der Waals surface area contributed by atoms with Crippen LogP contribution in [0.2, 0.25) is 0 Å². The third kappa shape index (κ3) is 3.98. The molecule has 1 aromatic rings. The van der Waals surface area contributed by atoms with Crippen LogP contribution in [0.1, 0.15) is 18.9 Å². The Balaban J connectivity index is 2.39. The van der Waals surface area contributed by atoms with Crippen LogP contribution in [0.3, 0.4) is 0 Å². The lowest BCUT2D eigenvalue weighted by atomic mass is 10.1. The molecule has 1 atom stereocenters. The second kappa shape index (κ2) is 6.23. The number of aryl methyl sites for hydroxylation is 1. The maximum absolute atomic E-state index is 12.6. The zero-order chi connectivity index (χ0) is 12.0. The van der Waals surface area contributed by atoms with Gasteiger partial charge in [0.1, 0.15) is 5.82 Å². The lowest BCUT2D eigenvalue weighted by molar-refractivity contribution is -0.153. The smallest absolute Gasteiger partial charge is 0.334 e. The van der Waals surface area contributed by atoms with Crippen molar-refractivity contribution in [2.75, 3.05) is 6.61 Å². The van der Waals surface area contributed by atoms with E-state index in [0.29, 0.717) is 6.42 Å². The van der Waals surface area contributed by atoms with Gasteiger partial charge in [0.25, 0.3) is 0 Å². The summed E-state index contributed by atoms with van der Waals surface area (Å²) in [5, 5.41) is 9.42. The van der Waals surface area contributed by atoms with Crippen LogP contribution in [0.5, 0.6) is 0 Å². The number of hydrogen-bond donors (Lipinski definition) is 1. The second-order valence-electron chi connectivity index (χ2n) is 3.43. The topological polar surface area (TPSA) is 46.5 Å². The molecule has 0 saturated heterocycles. The molecule has 0 spiro atoms. The number of carbonyl (C=O) groups excluding carboxylic acids is 1. The van der Waals surface area contributed by atoms with Crippen LogP contribution in [0.25, 0.3) is 0 Å². The van der Waals surface area contributed by atoms with Crippen molar-refractivity contribution in [1.29, 1.82) is 0 Å². The number of carbonyl (C=O) groups is 1. The quantitative estimate of drug-likeness (QED) is 0.777. The summed E-state index contributed by atoms with van der Waals surface area (Å²) in [5.74, 6) is -0.903. The zero-order valence-corrected chi connectivity index (χ0v) is 9.15. The van der Waals surface area contributed by atoms with Gasteiger partial charge in [-0.2, -0.15) is 0 Å². The standard InChI is InChI=1S/C12H15FO3/c1-2-16-12(15)11(14)8-5-9-3-6-10(13)7-4-9/h3-4,6-7,11,14H,2,5,8H2,1H3/t11-/m0/s1. The van der Waals surface area contributed by atoms with Gasteiger partial charge in [0.05, 0.1) is 6.61 Å². The molecule has 1 aromatic carbocycles. The molecule has 16 heavy (non-hydrogen) atoms. The molecule has 1 N–H and O–H groups in total. The van der Waals surface area contributed by atoms with Gasteiger partial charge in [0, 0.05) is 0 Å². The normalized spacial score (nSPS) is 12.2. The summed E-state index contributed by atoms with van der Waals surface area (Å²) >= 11 is 0. The van der Waals surface area contributed by atoms with Crippen molar-refractivity contribution in [3.8, 4) is 0 Å². The van der Waals surface area contributed by atoms with E-state index in [1.807, 2.05) is 0 Å². The molecular formula is C12H15FO3. The molecule has 0 amide bonds. The summed E-state index contributed by atoms with van der Waals surface area (Å²) in [5.41, 5.74) is 0.879. The Hall–Kier alpha value is -1.42. The molecule has 0 saturated carbocycles. The molecule has 0 bridgehead atoms. The molecule has 0 radical (unpaired) electrons. The van der Waals surface area contributed by atoms with Crippen molar-refractivity contribution < 1.29 is 19.0 Å². The molecule has 0 aromatic heterocycles. The van der Waals surface area contributed by atoms with Gasteiger partial charge in [-0.05, 0) is 37.5 Å². The van der Waals surface area contributed by atoms with Gasteiger partial charge in [0.15, 0.2) is 6.10 Å². The Morgan fingerprint density at radius 2 is 2.06 bits per heavy atom. The SMILES string of the molecule is CCOC(=O)[C@@H](O)CCc1ccc(F)cc1. The molecule has 0 fully saturated rings. The Morgan fingerprint density at radius 3 is 2.62 bits per heavy atom. The van der Waals surface area contributed by atoms with Crippen LogP contribution in [0, 0.1) is 5.82 Å². The second-order valence-corrected chi connectivity index (χ2v) is 3.43. The Kier molecular flexibility index (Phi) is 4.92. The summed E-state index contributed by atoms with van der Waals surface area (Å²) in [6, 6.07) is 5.97. The number of esters is 1. The molecule has 4 heteroatoms. The average Bonchev–Trinajstić information content (AvgIpc) is 2.28. The van der Waals surface area contributed by atoms with E-state index < -0.39 is 12.1 Å². The molecule has 0 unspecified atom stereocenters. The molecule has 0 aliphatic rings. The van der Waals surface area contributed by atoms with Crippen molar-refractivity contribution >= 4 is 5.97 Å². The molecule has 1 rings (SSSR count). The van der Waals surface area contributed by atoms with E-state index >= 15 is 0 Å². The van der Waals surface area contributed by atoms with Gasteiger partial charge in [0.2, 0.25) is 0 Å². The number of halogens is 1. The highest BCUT2D eigenvalue weighted by molar-refractivity contribution is 5.74. The number of rotatable bonds is 5. The Morgan fingerprint density at radius 1 is 1.44 bits per heavy atom. The van der Waals surface area contributed by atoms with Crippen molar-refractivity contribution in [1.82, 2.24) is 0 Å². The Bertz CT molecular complexity index is 335. The molecule has 0 aliphatic carbocycles. The molecule has 0 aliphatic heterocycles. The Labute approximate surface area is 93.9 Å². The highest BCUT2D eigenvalue weighted by Gasteiger charge is 2.15. The van der Waals surface area contributed by atoms with E-state index in [4.69, 9.17) is 0 Å². The van der Waals surface area contributed by atoms with Crippen LogP contribution >= 0.6 is 0 Å². The number of benzene rings is 1. The van der Waals surface area contributed by atoms with Gasteiger partial charge in [-0.1, -0.05) is 12.1 Å². The van der Waals surface area contributed by atoms with E-state index in [1.165, 1.54) is 12.1 Å². The fourth-order valence-electron chi connectivity index (χ4n) is 1.31. The summed E-state index contributed by atoms with van der Waals surface area (Å²) < 4.78 is 17.3. The highest BCUT2D eigenvalue weighted by atomic mass is 19.1. The predicted molar refractivity (Wildman–Crippen MR) is 57.4 cm³/mol. The maximum Gasteiger partial charge on any atom is 0.334 e. The highest BCUT2D eigenvalue weighted by Crippen LogP contribution is 2.07. The molecule has 88 valence electrons. The third-order valence-corrected chi connectivity index (χ3v) is 2.18. The van der Waals surface area contributed by atoms with E-state index in [-0.39, 0.29) is 18.8 Å². The van der Waals surface area contributed by atoms with Gasteiger partial charge in [-0.15, -0.1) is 0 Å². The van der Waals surface area contributed by atoms with Crippen LogP contribution in [0.4, 0.5) is 4.39 Å². The first kappa shape index (κ1) is 12.6. The number of hydrogen-bond acceptors (Lipinski definition) is 3. The van der Waals surface area contributed by atoms with Crippen molar-refractivity contribution in [3.63, 3.8) is 0 Å². The van der Waals surface area contributed by atoms with Crippen LogP contribution in [-0.2, 0) is 16.0 Å². The lowest BCUT2D eigenvalue weighted by Crippen LogP contribution is -2.23. The van der Waals surface area contributed by atoms with Crippen molar-refractivity contribution in [3.05, 3.63) is 35.6 Å². The van der Waals surface area contributed by atoms with Crippen molar-refractivity contribution in [2.45, 2.75) is 25.9 Å².